The third kappa shape index (κ3) is 3.07. The van der Waals surface area contributed by atoms with Gasteiger partial charge in [-0.05, 0) is 38.3 Å². The molecular formula is C17H24N4OS. The van der Waals surface area contributed by atoms with E-state index in [1.165, 1.54) is 29.7 Å². The van der Waals surface area contributed by atoms with Crippen molar-refractivity contribution in [1.82, 2.24) is 19.8 Å². The number of aromatic amines is 1. The largest absolute Gasteiger partial charge is 0.309 e. The van der Waals surface area contributed by atoms with E-state index in [9.17, 15) is 4.79 Å². The van der Waals surface area contributed by atoms with E-state index in [0.29, 0.717) is 0 Å². The zero-order valence-corrected chi connectivity index (χ0v) is 14.5. The molecule has 0 radical (unpaired) electrons. The number of aromatic nitrogens is 2. The normalized spacial score (nSPS) is 20.6. The minimum absolute atomic E-state index is 0.0681. The van der Waals surface area contributed by atoms with Crippen LogP contribution in [0.3, 0.4) is 0 Å². The molecule has 0 spiro atoms. The Bertz CT molecular complexity index is 758. The summed E-state index contributed by atoms with van der Waals surface area (Å²) in [5.74, 6) is 0.823. The van der Waals surface area contributed by atoms with E-state index in [4.69, 9.17) is 4.98 Å². The van der Waals surface area contributed by atoms with E-state index < -0.39 is 0 Å². The fraction of sp³-hybridized carbons (Fsp3) is 0.647. The number of H-pyrrole nitrogens is 1. The Hall–Kier alpha value is -1.24. The molecule has 124 valence electrons. The molecule has 4 rings (SSSR count). The van der Waals surface area contributed by atoms with Gasteiger partial charge in [-0.1, -0.05) is 6.42 Å². The first-order valence-electron chi connectivity index (χ1n) is 8.65. The molecule has 2 aromatic heterocycles. The second-order valence-corrected chi connectivity index (χ2v) is 7.92. The number of piperazine rings is 1. The monoisotopic (exact) mass is 332 g/mol. The van der Waals surface area contributed by atoms with Crippen molar-refractivity contribution in [2.75, 3.05) is 33.2 Å². The summed E-state index contributed by atoms with van der Waals surface area (Å²) in [6.45, 7) is 5.00. The molecule has 23 heavy (non-hydrogen) atoms. The average molecular weight is 332 g/mol. The summed E-state index contributed by atoms with van der Waals surface area (Å²) in [4.78, 5) is 27.5. The van der Waals surface area contributed by atoms with Gasteiger partial charge >= 0.3 is 0 Å². The smallest absolute Gasteiger partial charge is 0.259 e. The lowest BCUT2D eigenvalue weighted by molar-refractivity contribution is 0.145. The molecule has 1 aliphatic carbocycles. The molecule has 3 heterocycles. The second kappa shape index (κ2) is 6.34. The van der Waals surface area contributed by atoms with Crippen LogP contribution in [0.15, 0.2) is 4.79 Å². The minimum atomic E-state index is 0.0681. The number of hydrogen-bond donors (Lipinski definition) is 1. The van der Waals surface area contributed by atoms with Crippen molar-refractivity contribution in [3.05, 3.63) is 26.6 Å². The SMILES string of the molecule is CN1CCN(Cc2nc3sc4c(c3c(=O)[nH]2)CCCCC4)CC1. The van der Waals surface area contributed by atoms with Crippen LogP contribution < -0.4 is 5.56 Å². The van der Waals surface area contributed by atoms with E-state index in [1.54, 1.807) is 11.3 Å². The third-order valence-electron chi connectivity index (χ3n) is 5.09. The summed E-state index contributed by atoms with van der Waals surface area (Å²) in [7, 11) is 2.16. The number of nitrogens with zero attached hydrogens (tertiary/aromatic N) is 3. The van der Waals surface area contributed by atoms with E-state index in [0.717, 1.165) is 61.6 Å². The molecule has 2 aromatic rings. The predicted octanol–water partition coefficient (Wildman–Crippen LogP) is 2.00. The van der Waals surface area contributed by atoms with Crippen LogP contribution in [-0.4, -0.2) is 53.0 Å². The van der Waals surface area contributed by atoms with Gasteiger partial charge < -0.3 is 9.88 Å². The van der Waals surface area contributed by atoms with Gasteiger partial charge in [0.15, 0.2) is 0 Å². The van der Waals surface area contributed by atoms with E-state index in [-0.39, 0.29) is 5.56 Å². The van der Waals surface area contributed by atoms with Gasteiger partial charge in [0.2, 0.25) is 0 Å². The first kappa shape index (κ1) is 15.3. The highest BCUT2D eigenvalue weighted by Crippen LogP contribution is 2.32. The van der Waals surface area contributed by atoms with Gasteiger partial charge in [-0.3, -0.25) is 9.69 Å². The second-order valence-electron chi connectivity index (χ2n) is 6.84. The number of hydrogen-bond acceptors (Lipinski definition) is 5. The van der Waals surface area contributed by atoms with Gasteiger partial charge in [0.05, 0.1) is 11.9 Å². The van der Waals surface area contributed by atoms with Crippen LogP contribution in [0.25, 0.3) is 10.2 Å². The molecule has 1 aliphatic heterocycles. The van der Waals surface area contributed by atoms with Crippen LogP contribution >= 0.6 is 11.3 Å². The Morgan fingerprint density at radius 2 is 1.91 bits per heavy atom. The first-order chi connectivity index (χ1) is 11.2. The Balaban J connectivity index is 1.64. The van der Waals surface area contributed by atoms with Crippen molar-refractivity contribution in [3.8, 4) is 0 Å². The van der Waals surface area contributed by atoms with E-state index in [2.05, 4.69) is 21.8 Å². The van der Waals surface area contributed by atoms with E-state index in [1.807, 2.05) is 0 Å². The lowest BCUT2D eigenvalue weighted by Gasteiger charge is -2.31. The number of thiophene rings is 1. The van der Waals surface area contributed by atoms with Gasteiger partial charge in [-0.25, -0.2) is 4.98 Å². The number of fused-ring (bicyclic) bond motifs is 3. The molecule has 0 saturated carbocycles. The van der Waals surface area contributed by atoms with Crippen molar-refractivity contribution in [1.29, 1.82) is 0 Å². The van der Waals surface area contributed by atoms with Gasteiger partial charge in [0.1, 0.15) is 10.7 Å². The number of likely N-dealkylation sites (N-methyl/N-ethyl adjacent to an activating group) is 1. The zero-order chi connectivity index (χ0) is 15.8. The fourth-order valence-corrected chi connectivity index (χ4v) is 4.96. The summed E-state index contributed by atoms with van der Waals surface area (Å²) >= 11 is 1.75. The summed E-state index contributed by atoms with van der Waals surface area (Å²) in [6.07, 6.45) is 5.87. The molecule has 0 amide bonds. The van der Waals surface area contributed by atoms with Crippen LogP contribution in [0, 0.1) is 0 Å². The van der Waals surface area contributed by atoms with Crippen LogP contribution in [0.1, 0.15) is 35.5 Å². The molecule has 6 heteroatoms. The van der Waals surface area contributed by atoms with Gasteiger partial charge in [-0.15, -0.1) is 11.3 Å². The lowest BCUT2D eigenvalue weighted by Crippen LogP contribution is -2.44. The summed E-state index contributed by atoms with van der Waals surface area (Å²) in [5, 5.41) is 0.869. The minimum Gasteiger partial charge on any atom is -0.309 e. The van der Waals surface area contributed by atoms with E-state index >= 15 is 0 Å². The molecule has 0 atom stereocenters. The number of nitrogens with one attached hydrogen (secondary N) is 1. The molecule has 5 nitrogen and oxygen atoms in total. The fourth-order valence-electron chi connectivity index (χ4n) is 3.68. The maximum Gasteiger partial charge on any atom is 0.259 e. The van der Waals surface area contributed by atoms with Gasteiger partial charge in [-0.2, -0.15) is 0 Å². The average Bonchev–Trinajstić information content (AvgIpc) is 2.72. The summed E-state index contributed by atoms with van der Waals surface area (Å²) in [6, 6.07) is 0. The number of aryl methyl sites for hydroxylation is 2. The Morgan fingerprint density at radius 1 is 1.13 bits per heavy atom. The molecule has 0 aromatic carbocycles. The van der Waals surface area contributed by atoms with Crippen LogP contribution in [0.2, 0.25) is 0 Å². The van der Waals surface area contributed by atoms with Crippen molar-refractivity contribution in [2.45, 2.75) is 38.6 Å². The Labute approximate surface area is 140 Å². The molecule has 2 aliphatic rings. The van der Waals surface area contributed by atoms with Crippen molar-refractivity contribution in [3.63, 3.8) is 0 Å². The first-order valence-corrected chi connectivity index (χ1v) is 9.47. The topological polar surface area (TPSA) is 52.2 Å². The lowest BCUT2D eigenvalue weighted by atomic mass is 10.1. The molecule has 0 bridgehead atoms. The summed E-state index contributed by atoms with van der Waals surface area (Å²) in [5.41, 5.74) is 1.35. The highest BCUT2D eigenvalue weighted by Gasteiger charge is 2.20. The highest BCUT2D eigenvalue weighted by molar-refractivity contribution is 7.18. The maximum atomic E-state index is 12.6. The predicted molar refractivity (Wildman–Crippen MR) is 94.3 cm³/mol. The standard InChI is InChI=1S/C17H24N4OS/c1-20-7-9-21(10-8-20)11-14-18-16(22)15-12-5-3-2-4-6-13(12)23-17(15)19-14/h2-11H2,1H3,(H,18,19,22). The molecule has 1 saturated heterocycles. The molecule has 0 unspecified atom stereocenters. The zero-order valence-electron chi connectivity index (χ0n) is 13.7. The van der Waals surface area contributed by atoms with Crippen LogP contribution in [-0.2, 0) is 19.4 Å². The summed E-state index contributed by atoms with van der Waals surface area (Å²) < 4.78 is 0. The van der Waals surface area contributed by atoms with Gasteiger partial charge in [0, 0.05) is 31.1 Å². The Morgan fingerprint density at radius 3 is 2.74 bits per heavy atom. The number of rotatable bonds is 2. The van der Waals surface area contributed by atoms with Crippen molar-refractivity contribution >= 4 is 21.6 Å². The third-order valence-corrected chi connectivity index (χ3v) is 6.28. The van der Waals surface area contributed by atoms with Crippen LogP contribution in [0.5, 0.6) is 0 Å². The Kier molecular flexibility index (Phi) is 4.22. The van der Waals surface area contributed by atoms with Gasteiger partial charge in [0.25, 0.3) is 5.56 Å². The quantitative estimate of drug-likeness (QED) is 0.855. The maximum absolute atomic E-state index is 12.6. The van der Waals surface area contributed by atoms with Crippen molar-refractivity contribution < 1.29 is 0 Å². The molecule has 1 fully saturated rings. The van der Waals surface area contributed by atoms with Crippen LogP contribution in [0.4, 0.5) is 0 Å². The highest BCUT2D eigenvalue weighted by atomic mass is 32.1. The van der Waals surface area contributed by atoms with Crippen molar-refractivity contribution in [2.24, 2.45) is 0 Å². The molecular weight excluding hydrogens is 308 g/mol. The molecule has 1 N–H and O–H groups in total.